The molecule has 1 aliphatic rings. The summed E-state index contributed by atoms with van der Waals surface area (Å²) in [5, 5.41) is 41.9. The van der Waals surface area contributed by atoms with Crippen molar-refractivity contribution in [1.82, 2.24) is 0 Å². The van der Waals surface area contributed by atoms with E-state index in [1.54, 1.807) is 0 Å². The molecule has 1 aliphatic carbocycles. The van der Waals surface area contributed by atoms with Gasteiger partial charge in [0.15, 0.2) is 0 Å². The van der Waals surface area contributed by atoms with E-state index in [1.165, 1.54) is 205 Å². The minimum Gasteiger partial charge on any atom is -0.396 e. The summed E-state index contributed by atoms with van der Waals surface area (Å²) in [6, 6.07) is 0. The molecule has 0 radical (unpaired) electrons. The van der Waals surface area contributed by atoms with Crippen LogP contribution in [0, 0.1) is 10.8 Å². The van der Waals surface area contributed by atoms with Crippen molar-refractivity contribution in [3.05, 3.63) is 0 Å². The van der Waals surface area contributed by atoms with Crippen molar-refractivity contribution in [2.75, 3.05) is 26.4 Å². The average molecular weight is 681 g/mol. The third-order valence-electron chi connectivity index (χ3n) is 12.4. The van der Waals surface area contributed by atoms with Crippen molar-refractivity contribution >= 4 is 0 Å². The molecule has 0 aromatic carbocycles. The second-order valence-corrected chi connectivity index (χ2v) is 16.4. The summed E-state index contributed by atoms with van der Waals surface area (Å²) in [5.74, 6) is 0. The highest BCUT2D eigenvalue weighted by Gasteiger charge is 2.49. The van der Waals surface area contributed by atoms with Crippen molar-refractivity contribution in [3.8, 4) is 0 Å². The largest absolute Gasteiger partial charge is 0.396 e. The summed E-state index contributed by atoms with van der Waals surface area (Å²) >= 11 is 0. The third kappa shape index (κ3) is 22.6. The molecule has 0 heterocycles. The topological polar surface area (TPSA) is 80.9 Å². The van der Waals surface area contributed by atoms with E-state index < -0.39 is 10.8 Å². The third-order valence-corrected chi connectivity index (χ3v) is 12.4. The molecule has 4 N–H and O–H groups in total. The zero-order valence-electron chi connectivity index (χ0n) is 32.5. The van der Waals surface area contributed by atoms with Gasteiger partial charge in [-0.3, -0.25) is 0 Å². The monoisotopic (exact) mass is 681 g/mol. The van der Waals surface area contributed by atoms with Crippen molar-refractivity contribution in [3.63, 3.8) is 0 Å². The molecule has 0 aromatic heterocycles. The van der Waals surface area contributed by atoms with E-state index >= 15 is 0 Å². The van der Waals surface area contributed by atoms with Crippen LogP contribution < -0.4 is 0 Å². The first-order chi connectivity index (χ1) is 23.7. The Labute approximate surface area is 301 Å². The lowest BCUT2D eigenvalue weighted by Crippen LogP contribution is -2.52. The summed E-state index contributed by atoms with van der Waals surface area (Å²) in [6.45, 7) is -0.704. The van der Waals surface area contributed by atoms with Crippen LogP contribution in [0.2, 0.25) is 0 Å². The lowest BCUT2D eigenvalue weighted by atomic mass is 9.60. The zero-order chi connectivity index (χ0) is 34.7. The highest BCUT2D eigenvalue weighted by atomic mass is 16.3. The van der Waals surface area contributed by atoms with Gasteiger partial charge in [-0.2, -0.15) is 0 Å². The number of hydrogen-bond acceptors (Lipinski definition) is 4. The van der Waals surface area contributed by atoms with Gasteiger partial charge in [0.2, 0.25) is 0 Å². The van der Waals surface area contributed by atoms with Crippen molar-refractivity contribution in [1.29, 1.82) is 0 Å². The van der Waals surface area contributed by atoms with Gasteiger partial charge in [-0.05, 0) is 12.8 Å². The quantitative estimate of drug-likeness (QED) is 0.238. The van der Waals surface area contributed by atoms with Gasteiger partial charge in [0.05, 0.1) is 26.4 Å². The Morgan fingerprint density at radius 3 is 0.396 bits per heavy atom. The first kappa shape index (κ1) is 45.9. The van der Waals surface area contributed by atoms with Gasteiger partial charge in [-0.25, -0.2) is 0 Å². The molecule has 0 aliphatic heterocycles. The van der Waals surface area contributed by atoms with E-state index in [0.29, 0.717) is 12.8 Å². The van der Waals surface area contributed by atoms with Crippen LogP contribution >= 0.6 is 0 Å². The first-order valence-electron chi connectivity index (χ1n) is 22.1. The molecule has 0 atom stereocenters. The first-order valence-corrected chi connectivity index (χ1v) is 22.1. The van der Waals surface area contributed by atoms with Gasteiger partial charge in [0.1, 0.15) is 0 Å². The van der Waals surface area contributed by atoms with Crippen LogP contribution in [0.4, 0.5) is 0 Å². The molecule has 0 unspecified atom stereocenters. The van der Waals surface area contributed by atoms with Crippen molar-refractivity contribution < 1.29 is 20.4 Å². The second-order valence-electron chi connectivity index (χ2n) is 16.4. The molecule has 0 bridgehead atoms. The lowest BCUT2D eigenvalue weighted by molar-refractivity contribution is -0.124. The molecule has 1 saturated carbocycles. The fourth-order valence-electron chi connectivity index (χ4n) is 8.55. The zero-order valence-corrected chi connectivity index (χ0v) is 32.5. The minimum atomic E-state index is -0.816. The molecule has 4 nitrogen and oxygen atoms in total. The molecule has 4 heteroatoms. The molecule has 288 valence electrons. The fraction of sp³-hybridized carbons (Fsp3) is 1.00. The molecule has 0 saturated heterocycles. The van der Waals surface area contributed by atoms with Crippen LogP contribution in [0.25, 0.3) is 0 Å². The number of hydrogen-bond donors (Lipinski definition) is 4. The van der Waals surface area contributed by atoms with Crippen molar-refractivity contribution in [2.45, 2.75) is 244 Å². The van der Waals surface area contributed by atoms with E-state index in [2.05, 4.69) is 0 Å². The van der Waals surface area contributed by atoms with Crippen LogP contribution in [0.5, 0.6) is 0 Å². The Kier molecular flexibility index (Phi) is 32.4. The molecule has 0 spiro atoms. The van der Waals surface area contributed by atoms with Crippen LogP contribution in [-0.4, -0.2) is 46.9 Å². The molecule has 1 fully saturated rings. The predicted molar refractivity (Wildman–Crippen MR) is 209 cm³/mol. The van der Waals surface area contributed by atoms with Crippen molar-refractivity contribution in [2.24, 2.45) is 10.8 Å². The number of aliphatic hydroxyl groups excluding tert-OH is 4. The maximum absolute atomic E-state index is 10.5. The molecule has 1 rings (SSSR count). The number of aliphatic hydroxyl groups is 4. The highest BCUT2D eigenvalue weighted by Crippen LogP contribution is 2.46. The maximum atomic E-state index is 10.5. The van der Waals surface area contributed by atoms with E-state index in [4.69, 9.17) is 0 Å². The van der Waals surface area contributed by atoms with Gasteiger partial charge in [0, 0.05) is 10.8 Å². The Balaban J connectivity index is 2.39. The van der Waals surface area contributed by atoms with Crippen LogP contribution in [0.3, 0.4) is 0 Å². The van der Waals surface area contributed by atoms with Gasteiger partial charge in [0.25, 0.3) is 0 Å². The molecular weight excluding hydrogens is 592 g/mol. The SMILES string of the molecule is OCC1(CO)CCCCCCCCCCCCCCCCCCCCCCCCCCCCCCCCCCCCCCC1(CO)CO. The van der Waals surface area contributed by atoms with E-state index in [1.807, 2.05) is 0 Å². The van der Waals surface area contributed by atoms with Crippen LogP contribution in [0.1, 0.15) is 244 Å². The Morgan fingerprint density at radius 2 is 0.292 bits per heavy atom. The molecular formula is C44H88O4. The van der Waals surface area contributed by atoms with E-state index in [-0.39, 0.29) is 26.4 Å². The highest BCUT2D eigenvalue weighted by molar-refractivity contribution is 4.97. The van der Waals surface area contributed by atoms with Gasteiger partial charge in [-0.15, -0.1) is 0 Å². The lowest BCUT2D eigenvalue weighted by Gasteiger charge is -2.47. The summed E-state index contributed by atoms with van der Waals surface area (Å²) < 4.78 is 0. The van der Waals surface area contributed by atoms with E-state index in [0.717, 1.165) is 25.7 Å². The van der Waals surface area contributed by atoms with Gasteiger partial charge in [-0.1, -0.05) is 231 Å². The Bertz CT molecular complexity index is 575. The van der Waals surface area contributed by atoms with Gasteiger partial charge < -0.3 is 20.4 Å². The second kappa shape index (κ2) is 34.0. The predicted octanol–water partition coefficient (Wildman–Crippen LogP) is 12.8. The van der Waals surface area contributed by atoms with Crippen LogP contribution in [-0.2, 0) is 0 Å². The Hall–Kier alpha value is -0.160. The minimum absolute atomic E-state index is 0.176. The summed E-state index contributed by atoms with van der Waals surface area (Å²) in [5.41, 5.74) is -1.63. The maximum Gasteiger partial charge on any atom is 0.0516 e. The normalized spacial score (nSPS) is 24.2. The molecule has 0 aromatic rings. The summed E-state index contributed by atoms with van der Waals surface area (Å²) in [4.78, 5) is 0. The average Bonchev–Trinajstić information content (AvgIpc) is 3.11. The molecule has 48 heavy (non-hydrogen) atoms. The standard InChI is InChI=1S/C44H88O4/c45-39-43(40-46)37-35-33-31-29-27-25-23-21-19-17-15-13-11-9-7-5-3-1-2-4-6-8-10-12-14-16-18-20-22-24-26-28-30-32-34-36-38-44(43,41-47)42-48/h45-48H,1-42H2. The fourth-order valence-corrected chi connectivity index (χ4v) is 8.55. The molecule has 0 amide bonds. The van der Waals surface area contributed by atoms with Crippen LogP contribution in [0.15, 0.2) is 0 Å². The smallest absolute Gasteiger partial charge is 0.0516 e. The Morgan fingerprint density at radius 1 is 0.188 bits per heavy atom. The number of rotatable bonds is 4. The summed E-state index contributed by atoms with van der Waals surface area (Å²) in [6.07, 6.45) is 49.9. The summed E-state index contributed by atoms with van der Waals surface area (Å²) in [7, 11) is 0. The van der Waals surface area contributed by atoms with E-state index in [9.17, 15) is 20.4 Å². The van der Waals surface area contributed by atoms with Gasteiger partial charge >= 0.3 is 0 Å².